The van der Waals surface area contributed by atoms with E-state index in [1.54, 1.807) is 0 Å². The molecule has 0 aromatic rings. The third kappa shape index (κ3) is 2.19. The molecular weight excluding hydrogens is 232 g/mol. The second kappa shape index (κ2) is 4.23. The van der Waals surface area contributed by atoms with Gasteiger partial charge in [0.15, 0.2) is 0 Å². The van der Waals surface area contributed by atoms with E-state index in [9.17, 15) is 4.79 Å². The van der Waals surface area contributed by atoms with Crippen LogP contribution in [0.15, 0.2) is 0 Å². The lowest BCUT2D eigenvalue weighted by atomic mass is 9.61. The van der Waals surface area contributed by atoms with E-state index in [0.717, 1.165) is 19.4 Å². The van der Waals surface area contributed by atoms with Crippen molar-refractivity contribution in [3.05, 3.63) is 0 Å². The third-order valence-electron chi connectivity index (χ3n) is 4.54. The Labute approximate surface area is 109 Å². The highest BCUT2D eigenvalue weighted by molar-refractivity contribution is 7.80. The Kier molecular flexibility index (Phi) is 3.19. The number of amides is 1. The van der Waals surface area contributed by atoms with Crippen molar-refractivity contribution in [2.45, 2.75) is 46.0 Å². The first-order chi connectivity index (χ1) is 7.88. The fourth-order valence-electron chi connectivity index (χ4n) is 3.05. The second-order valence-electron chi connectivity index (χ2n) is 6.31. The first-order valence-electron chi connectivity index (χ1n) is 6.46. The molecule has 3 nitrogen and oxygen atoms in total. The minimum Gasteiger partial charge on any atom is -0.392 e. The largest absolute Gasteiger partial charge is 0.392 e. The highest BCUT2D eigenvalue weighted by Gasteiger charge is 2.51. The Morgan fingerprint density at radius 2 is 2.06 bits per heavy atom. The molecule has 0 aliphatic heterocycles. The lowest BCUT2D eigenvalue weighted by Gasteiger charge is -2.45. The molecule has 0 saturated heterocycles. The molecule has 0 atom stereocenters. The number of nitrogens with two attached hydrogens (primary N) is 1. The molecule has 0 bridgehead atoms. The van der Waals surface area contributed by atoms with Crippen LogP contribution in [0.2, 0.25) is 0 Å². The number of carbonyl (C=O) groups excluding carboxylic acids is 1. The number of hydrogen-bond acceptors (Lipinski definition) is 2. The van der Waals surface area contributed by atoms with Gasteiger partial charge < -0.3 is 11.1 Å². The monoisotopic (exact) mass is 254 g/mol. The maximum absolute atomic E-state index is 12.2. The van der Waals surface area contributed by atoms with Crippen molar-refractivity contribution in [2.24, 2.45) is 22.5 Å². The van der Waals surface area contributed by atoms with Crippen LogP contribution in [-0.4, -0.2) is 17.4 Å². The highest BCUT2D eigenvalue weighted by atomic mass is 32.1. The van der Waals surface area contributed by atoms with Gasteiger partial charge in [-0.2, -0.15) is 0 Å². The topological polar surface area (TPSA) is 55.1 Å². The predicted molar refractivity (Wildman–Crippen MR) is 72.6 cm³/mol. The van der Waals surface area contributed by atoms with Crippen molar-refractivity contribution in [3.8, 4) is 0 Å². The molecule has 96 valence electrons. The molecule has 0 aromatic carbocycles. The average Bonchev–Trinajstić information content (AvgIpc) is 2.17. The number of rotatable bonds is 4. The summed E-state index contributed by atoms with van der Waals surface area (Å²) in [6.45, 7) is 5.13. The van der Waals surface area contributed by atoms with Crippen molar-refractivity contribution < 1.29 is 4.79 Å². The zero-order chi connectivity index (χ0) is 12.7. The number of carbonyl (C=O) groups is 1. The summed E-state index contributed by atoms with van der Waals surface area (Å²) in [5, 5.41) is 3.06. The molecule has 2 aliphatic rings. The van der Waals surface area contributed by atoms with Crippen LogP contribution >= 0.6 is 12.2 Å². The van der Waals surface area contributed by atoms with E-state index in [2.05, 4.69) is 19.2 Å². The quantitative estimate of drug-likeness (QED) is 0.754. The molecule has 2 rings (SSSR count). The number of nitrogens with one attached hydrogen (secondary N) is 1. The number of hydrogen-bond donors (Lipinski definition) is 2. The van der Waals surface area contributed by atoms with Gasteiger partial charge in [-0.15, -0.1) is 0 Å². The molecule has 0 unspecified atom stereocenters. The molecule has 2 saturated carbocycles. The van der Waals surface area contributed by atoms with Crippen LogP contribution in [0.4, 0.5) is 0 Å². The van der Waals surface area contributed by atoms with E-state index in [0.29, 0.717) is 16.3 Å². The maximum atomic E-state index is 12.2. The van der Waals surface area contributed by atoms with Gasteiger partial charge in [-0.1, -0.05) is 32.5 Å². The zero-order valence-electron chi connectivity index (χ0n) is 10.7. The smallest absolute Gasteiger partial charge is 0.233 e. The summed E-state index contributed by atoms with van der Waals surface area (Å²) in [6.07, 6.45) is 5.33. The number of thiocarbonyl (C=S) groups is 1. The fourth-order valence-corrected chi connectivity index (χ4v) is 3.31. The van der Waals surface area contributed by atoms with Gasteiger partial charge in [-0.05, 0) is 37.0 Å². The van der Waals surface area contributed by atoms with Gasteiger partial charge in [-0.25, -0.2) is 0 Å². The summed E-state index contributed by atoms with van der Waals surface area (Å²) >= 11 is 5.08. The Morgan fingerprint density at radius 3 is 2.41 bits per heavy atom. The summed E-state index contributed by atoms with van der Waals surface area (Å²) < 4.78 is 0. The molecule has 3 N–H and O–H groups in total. The Bertz CT molecular complexity index is 343. The van der Waals surface area contributed by atoms with Crippen LogP contribution < -0.4 is 11.1 Å². The lowest BCUT2D eigenvalue weighted by Crippen LogP contribution is -2.57. The summed E-state index contributed by atoms with van der Waals surface area (Å²) in [5.74, 6) is 0.609. The standard InChI is InChI=1S/C13H22N2OS/c1-9-6-13(7-9,10(14)17)11(16)15-8-12(2)4-3-5-12/h9H,3-8H2,1-2H3,(H2,14,17)(H,15,16). The van der Waals surface area contributed by atoms with Gasteiger partial charge in [-0.3, -0.25) is 4.79 Å². The Balaban J connectivity index is 1.92. The normalized spacial score (nSPS) is 34.4. The van der Waals surface area contributed by atoms with Gasteiger partial charge in [0.2, 0.25) is 5.91 Å². The van der Waals surface area contributed by atoms with Crippen molar-refractivity contribution >= 4 is 23.1 Å². The van der Waals surface area contributed by atoms with Crippen LogP contribution in [-0.2, 0) is 4.79 Å². The molecule has 1 amide bonds. The summed E-state index contributed by atoms with van der Waals surface area (Å²) in [5.41, 5.74) is 5.51. The lowest BCUT2D eigenvalue weighted by molar-refractivity contribution is -0.133. The van der Waals surface area contributed by atoms with Gasteiger partial charge >= 0.3 is 0 Å². The molecule has 2 fully saturated rings. The van der Waals surface area contributed by atoms with E-state index >= 15 is 0 Å². The molecule has 17 heavy (non-hydrogen) atoms. The fraction of sp³-hybridized carbons (Fsp3) is 0.846. The van der Waals surface area contributed by atoms with Crippen LogP contribution in [0.25, 0.3) is 0 Å². The van der Waals surface area contributed by atoms with E-state index in [1.165, 1.54) is 19.3 Å². The molecule has 2 aliphatic carbocycles. The van der Waals surface area contributed by atoms with E-state index in [4.69, 9.17) is 18.0 Å². The van der Waals surface area contributed by atoms with Gasteiger partial charge in [0.25, 0.3) is 0 Å². The average molecular weight is 254 g/mol. The maximum Gasteiger partial charge on any atom is 0.233 e. The molecule has 0 radical (unpaired) electrons. The third-order valence-corrected chi connectivity index (χ3v) is 4.93. The van der Waals surface area contributed by atoms with Crippen molar-refractivity contribution in [2.75, 3.05) is 6.54 Å². The Morgan fingerprint density at radius 1 is 1.47 bits per heavy atom. The summed E-state index contributed by atoms with van der Waals surface area (Å²) in [4.78, 5) is 12.6. The molecule has 0 heterocycles. The van der Waals surface area contributed by atoms with Gasteiger partial charge in [0.05, 0.1) is 10.4 Å². The highest BCUT2D eigenvalue weighted by Crippen LogP contribution is 2.46. The van der Waals surface area contributed by atoms with Crippen LogP contribution in [0.3, 0.4) is 0 Å². The summed E-state index contributed by atoms with van der Waals surface area (Å²) in [6, 6.07) is 0. The second-order valence-corrected chi connectivity index (χ2v) is 6.75. The van der Waals surface area contributed by atoms with E-state index in [-0.39, 0.29) is 5.91 Å². The van der Waals surface area contributed by atoms with Crippen LogP contribution in [0.5, 0.6) is 0 Å². The molecule has 4 heteroatoms. The van der Waals surface area contributed by atoms with E-state index < -0.39 is 5.41 Å². The minimum absolute atomic E-state index is 0.0521. The van der Waals surface area contributed by atoms with Crippen LogP contribution in [0.1, 0.15) is 46.0 Å². The molecular formula is C13H22N2OS. The minimum atomic E-state index is -0.547. The van der Waals surface area contributed by atoms with Gasteiger partial charge in [0, 0.05) is 6.54 Å². The van der Waals surface area contributed by atoms with Crippen molar-refractivity contribution in [1.29, 1.82) is 0 Å². The first kappa shape index (κ1) is 12.8. The SMILES string of the molecule is CC1CC(C(=O)NCC2(C)CCC2)(C(N)=S)C1. The predicted octanol–water partition coefficient (Wildman–Crippen LogP) is 2.00. The van der Waals surface area contributed by atoms with Gasteiger partial charge in [0.1, 0.15) is 0 Å². The zero-order valence-corrected chi connectivity index (χ0v) is 11.5. The van der Waals surface area contributed by atoms with Crippen molar-refractivity contribution in [3.63, 3.8) is 0 Å². The van der Waals surface area contributed by atoms with Crippen molar-refractivity contribution in [1.82, 2.24) is 5.32 Å². The van der Waals surface area contributed by atoms with E-state index in [1.807, 2.05) is 0 Å². The van der Waals surface area contributed by atoms with Crippen LogP contribution in [0, 0.1) is 16.7 Å². The molecule has 0 spiro atoms. The summed E-state index contributed by atoms with van der Waals surface area (Å²) in [7, 11) is 0. The first-order valence-corrected chi connectivity index (χ1v) is 6.87. The Hall–Kier alpha value is -0.640. The molecule has 0 aromatic heterocycles.